The van der Waals surface area contributed by atoms with Crippen LogP contribution in [0.15, 0.2) is 45.9 Å². The summed E-state index contributed by atoms with van der Waals surface area (Å²) < 4.78 is 5.77. The lowest BCUT2D eigenvalue weighted by Crippen LogP contribution is -2.07. The van der Waals surface area contributed by atoms with Gasteiger partial charge in [-0.2, -0.15) is 0 Å². The van der Waals surface area contributed by atoms with E-state index in [9.17, 15) is 0 Å². The first-order chi connectivity index (χ1) is 14.0. The van der Waals surface area contributed by atoms with Gasteiger partial charge in [-0.15, -0.1) is 0 Å². The fourth-order valence-electron chi connectivity index (χ4n) is 2.93. The number of nitrogens with two attached hydrogens (primary N) is 2. The highest BCUT2D eigenvalue weighted by Gasteiger charge is 2.10. The van der Waals surface area contributed by atoms with Crippen molar-refractivity contribution in [2.75, 3.05) is 31.2 Å². The first-order valence-corrected chi connectivity index (χ1v) is 10.5. The number of aliphatic hydroxyl groups is 1. The fraction of sp³-hybridized carbons (Fsp3) is 0.478. The molecule has 1 aliphatic carbocycles. The van der Waals surface area contributed by atoms with E-state index in [0.717, 1.165) is 62.1 Å². The lowest BCUT2D eigenvalue weighted by Gasteiger charge is -2.13. The van der Waals surface area contributed by atoms with Gasteiger partial charge in [-0.1, -0.05) is 26.2 Å². The van der Waals surface area contributed by atoms with Crippen molar-refractivity contribution in [2.45, 2.75) is 52.4 Å². The first-order valence-electron chi connectivity index (χ1n) is 10.5. The number of anilines is 2. The minimum absolute atomic E-state index is 0.270. The van der Waals surface area contributed by atoms with Gasteiger partial charge in [0, 0.05) is 19.2 Å². The van der Waals surface area contributed by atoms with Gasteiger partial charge in [0.05, 0.1) is 35.1 Å². The fourth-order valence-corrected chi connectivity index (χ4v) is 2.93. The number of ether oxygens (including phenoxy) is 1. The number of hydrogen-bond acceptors (Lipinski definition) is 6. The Balaban J connectivity index is 2.06. The summed E-state index contributed by atoms with van der Waals surface area (Å²) in [4.78, 5) is 9.35. The Bertz CT molecular complexity index is 794. The molecule has 0 saturated carbocycles. The van der Waals surface area contributed by atoms with E-state index in [0.29, 0.717) is 29.4 Å². The molecule has 0 saturated heterocycles. The van der Waals surface area contributed by atoms with Crippen LogP contribution in [0.4, 0.5) is 17.1 Å². The zero-order valence-corrected chi connectivity index (χ0v) is 17.7. The topological polar surface area (TPSA) is 106 Å². The zero-order valence-electron chi connectivity index (χ0n) is 17.7. The van der Waals surface area contributed by atoms with Crippen LogP contribution in [-0.4, -0.2) is 36.3 Å². The van der Waals surface area contributed by atoms with E-state index in [1.807, 2.05) is 31.2 Å². The Morgan fingerprint density at radius 1 is 1.00 bits per heavy atom. The van der Waals surface area contributed by atoms with Crippen LogP contribution in [0.1, 0.15) is 52.4 Å². The highest BCUT2D eigenvalue weighted by molar-refractivity contribution is 6.21. The minimum atomic E-state index is 0.270. The number of allylic oxidation sites excluding steroid dienone is 4. The standard InChI is InChI=1S/C23H34N4O2/c1-3-4-13-29-23-16-22(19(24)15-20(23)25)27-21-10-9-18(14-17(21)2)26-11-7-5-6-8-12-28/h9-10,14-16,28H,3-8,11-13,24-25H2,1-2H3. The van der Waals surface area contributed by atoms with Crippen molar-refractivity contribution in [1.82, 2.24) is 0 Å². The van der Waals surface area contributed by atoms with Crippen molar-refractivity contribution in [3.8, 4) is 5.75 Å². The van der Waals surface area contributed by atoms with Gasteiger partial charge >= 0.3 is 0 Å². The monoisotopic (exact) mass is 398 g/mol. The molecule has 0 bridgehead atoms. The summed E-state index contributed by atoms with van der Waals surface area (Å²) in [5, 5.41) is 8.80. The number of unbranched alkanes of at least 4 members (excludes halogenated alkanes) is 4. The van der Waals surface area contributed by atoms with Gasteiger partial charge in [0.15, 0.2) is 0 Å². The van der Waals surface area contributed by atoms with E-state index in [2.05, 4.69) is 11.9 Å². The molecule has 1 aliphatic rings. The minimum Gasteiger partial charge on any atom is -0.491 e. The quantitative estimate of drug-likeness (QED) is 0.287. The second kappa shape index (κ2) is 12.1. The van der Waals surface area contributed by atoms with E-state index in [-0.39, 0.29) is 6.61 Å². The lowest BCUT2D eigenvalue weighted by atomic mass is 10.0. The van der Waals surface area contributed by atoms with Crippen molar-refractivity contribution >= 4 is 28.5 Å². The van der Waals surface area contributed by atoms with Crippen molar-refractivity contribution in [2.24, 2.45) is 9.98 Å². The van der Waals surface area contributed by atoms with Gasteiger partial charge in [-0.05, 0) is 56.1 Å². The van der Waals surface area contributed by atoms with E-state index < -0.39 is 0 Å². The summed E-state index contributed by atoms with van der Waals surface area (Å²) in [7, 11) is 0. The Morgan fingerprint density at radius 3 is 2.52 bits per heavy atom. The van der Waals surface area contributed by atoms with E-state index in [1.165, 1.54) is 0 Å². The molecule has 0 amide bonds. The van der Waals surface area contributed by atoms with Crippen LogP contribution >= 0.6 is 0 Å². The number of aliphatic imine (C=N–C) groups is 2. The van der Waals surface area contributed by atoms with Crippen molar-refractivity contribution in [3.05, 3.63) is 35.9 Å². The third-order valence-corrected chi connectivity index (χ3v) is 4.70. The van der Waals surface area contributed by atoms with Gasteiger partial charge in [-0.3, -0.25) is 4.99 Å². The highest BCUT2D eigenvalue weighted by Crippen LogP contribution is 2.34. The third-order valence-electron chi connectivity index (χ3n) is 4.70. The number of aliphatic hydroxyl groups excluding tert-OH is 1. The van der Waals surface area contributed by atoms with Crippen molar-refractivity contribution in [3.63, 3.8) is 0 Å². The Hall–Kier alpha value is -2.60. The number of benzene rings is 1. The maximum Gasteiger partial charge on any atom is 0.144 e. The van der Waals surface area contributed by atoms with E-state index >= 15 is 0 Å². The molecule has 0 fully saturated rings. The van der Waals surface area contributed by atoms with Gasteiger partial charge in [0.25, 0.3) is 0 Å². The lowest BCUT2D eigenvalue weighted by molar-refractivity contribution is 0.282. The molecule has 0 radical (unpaired) electrons. The molecule has 1 aromatic rings. The summed E-state index contributed by atoms with van der Waals surface area (Å²) in [5.74, 6) is 0.622. The SMILES string of the molecule is CCCCOc1cc(N=C2C=CC(=NCCCCCCO)C=C2C)c(N)cc1N. The molecule has 0 atom stereocenters. The molecule has 6 nitrogen and oxygen atoms in total. The molecule has 0 aliphatic heterocycles. The third kappa shape index (κ3) is 7.38. The van der Waals surface area contributed by atoms with Gasteiger partial charge in [0.1, 0.15) is 5.75 Å². The molecule has 0 unspecified atom stereocenters. The Morgan fingerprint density at radius 2 is 1.79 bits per heavy atom. The summed E-state index contributed by atoms with van der Waals surface area (Å²) >= 11 is 0. The van der Waals surface area contributed by atoms with E-state index in [4.69, 9.17) is 26.3 Å². The van der Waals surface area contributed by atoms with Gasteiger partial charge < -0.3 is 21.3 Å². The first kappa shape index (κ1) is 22.7. The van der Waals surface area contributed by atoms with Crippen LogP contribution in [0, 0.1) is 0 Å². The van der Waals surface area contributed by atoms with Crippen LogP contribution in [0.25, 0.3) is 0 Å². The molecule has 5 N–H and O–H groups in total. The molecule has 0 heterocycles. The summed E-state index contributed by atoms with van der Waals surface area (Å²) in [6.07, 6.45) is 12.1. The van der Waals surface area contributed by atoms with Crippen LogP contribution in [-0.2, 0) is 0 Å². The maximum absolute atomic E-state index is 8.80. The molecule has 6 heteroatoms. The normalized spacial score (nSPS) is 16.4. The van der Waals surface area contributed by atoms with E-state index in [1.54, 1.807) is 6.07 Å². The maximum atomic E-state index is 8.80. The molecule has 158 valence electrons. The largest absolute Gasteiger partial charge is 0.491 e. The average Bonchev–Trinajstić information content (AvgIpc) is 2.69. The molecular weight excluding hydrogens is 364 g/mol. The number of nitrogen functional groups attached to an aromatic ring is 2. The second-order valence-electron chi connectivity index (χ2n) is 7.25. The predicted molar refractivity (Wildman–Crippen MR) is 124 cm³/mol. The zero-order chi connectivity index (χ0) is 21.1. The van der Waals surface area contributed by atoms with Crippen LogP contribution in [0.3, 0.4) is 0 Å². The summed E-state index contributed by atoms with van der Waals surface area (Å²) in [6.45, 7) is 5.83. The number of rotatable bonds is 11. The van der Waals surface area contributed by atoms with Gasteiger partial charge in [-0.25, -0.2) is 4.99 Å². The van der Waals surface area contributed by atoms with Gasteiger partial charge in [0.2, 0.25) is 0 Å². The second-order valence-corrected chi connectivity index (χ2v) is 7.25. The molecule has 29 heavy (non-hydrogen) atoms. The Labute approximate surface area is 174 Å². The predicted octanol–water partition coefficient (Wildman–Crippen LogP) is 4.61. The van der Waals surface area contributed by atoms with Crippen LogP contribution in [0.5, 0.6) is 5.75 Å². The smallest absolute Gasteiger partial charge is 0.144 e. The van der Waals surface area contributed by atoms with Crippen LogP contribution < -0.4 is 16.2 Å². The van der Waals surface area contributed by atoms with Crippen molar-refractivity contribution < 1.29 is 9.84 Å². The van der Waals surface area contributed by atoms with Crippen molar-refractivity contribution in [1.29, 1.82) is 0 Å². The van der Waals surface area contributed by atoms with Crippen LogP contribution in [0.2, 0.25) is 0 Å². The Kier molecular flexibility index (Phi) is 9.44. The highest BCUT2D eigenvalue weighted by atomic mass is 16.5. The average molecular weight is 399 g/mol. The molecule has 2 rings (SSSR count). The number of hydrogen-bond donors (Lipinski definition) is 3. The molecular formula is C23H34N4O2. The molecule has 0 aromatic heterocycles. The summed E-state index contributed by atoms with van der Waals surface area (Å²) in [5.41, 5.74) is 16.7. The molecule has 0 spiro atoms. The number of nitrogens with zero attached hydrogens (tertiary/aromatic N) is 2. The molecule has 1 aromatic carbocycles. The summed E-state index contributed by atoms with van der Waals surface area (Å²) in [6, 6.07) is 3.51.